The van der Waals surface area contributed by atoms with Gasteiger partial charge in [0.1, 0.15) is 0 Å². The number of hydrogen-bond donors (Lipinski definition) is 2. The molecule has 0 aromatic carbocycles. The predicted octanol–water partition coefficient (Wildman–Crippen LogP) is 3.34. The predicted molar refractivity (Wildman–Crippen MR) is 76.6 cm³/mol. The molecule has 0 aliphatic heterocycles. The highest BCUT2D eigenvalue weighted by Gasteiger charge is 2.28. The third-order valence-corrected chi connectivity index (χ3v) is 2.23. The second kappa shape index (κ2) is 6.08. The molecule has 0 saturated heterocycles. The largest absolute Gasteiger partial charge is 0.352 e. The lowest BCUT2D eigenvalue weighted by Gasteiger charge is -2.16. The first-order valence-electron chi connectivity index (χ1n) is 5.55. The fourth-order valence-electron chi connectivity index (χ4n) is 1.15. The second-order valence-corrected chi connectivity index (χ2v) is 6.68. The van der Waals surface area contributed by atoms with E-state index in [4.69, 9.17) is 34.8 Å². The molecule has 5 nitrogen and oxygen atoms in total. The van der Waals surface area contributed by atoms with Crippen LogP contribution in [-0.4, -0.2) is 27.0 Å². The molecule has 1 rings (SSSR count). The van der Waals surface area contributed by atoms with Crippen LogP contribution in [0.3, 0.4) is 0 Å². The van der Waals surface area contributed by atoms with E-state index in [9.17, 15) is 0 Å². The Hall–Kier alpha value is -0.520. The van der Waals surface area contributed by atoms with Crippen molar-refractivity contribution < 1.29 is 0 Å². The van der Waals surface area contributed by atoms with Crippen molar-refractivity contribution in [3.8, 4) is 0 Å². The SMILES string of the molecule is CC(C)Nc1nc(NC(C)C)nc(C(Cl)(Cl)Cl)n1. The summed E-state index contributed by atoms with van der Waals surface area (Å²) in [5.41, 5.74) is 0. The third kappa shape index (κ3) is 5.00. The molecule has 0 fully saturated rings. The van der Waals surface area contributed by atoms with Crippen molar-refractivity contribution in [1.82, 2.24) is 15.0 Å². The van der Waals surface area contributed by atoms with Crippen LogP contribution in [0.25, 0.3) is 0 Å². The summed E-state index contributed by atoms with van der Waals surface area (Å²) >= 11 is 17.4. The van der Waals surface area contributed by atoms with Crippen LogP contribution in [0, 0.1) is 0 Å². The van der Waals surface area contributed by atoms with Crippen molar-refractivity contribution in [2.75, 3.05) is 10.6 Å². The molecule has 0 aliphatic carbocycles. The van der Waals surface area contributed by atoms with Gasteiger partial charge in [0.25, 0.3) is 0 Å². The zero-order valence-corrected chi connectivity index (χ0v) is 12.9. The summed E-state index contributed by atoms with van der Waals surface area (Å²) in [4.78, 5) is 12.4. The molecule has 0 unspecified atom stereocenters. The molecule has 1 aromatic heterocycles. The average molecular weight is 313 g/mol. The van der Waals surface area contributed by atoms with Gasteiger partial charge in [-0.15, -0.1) is 0 Å². The van der Waals surface area contributed by atoms with Crippen molar-refractivity contribution in [3.05, 3.63) is 5.82 Å². The quantitative estimate of drug-likeness (QED) is 0.835. The maximum absolute atomic E-state index is 5.80. The van der Waals surface area contributed by atoms with E-state index in [0.717, 1.165) is 0 Å². The van der Waals surface area contributed by atoms with Gasteiger partial charge in [-0.1, -0.05) is 34.8 Å². The van der Waals surface area contributed by atoms with Gasteiger partial charge >= 0.3 is 0 Å². The summed E-state index contributed by atoms with van der Waals surface area (Å²) in [6.07, 6.45) is 0. The van der Waals surface area contributed by atoms with Crippen molar-refractivity contribution in [3.63, 3.8) is 0 Å². The maximum atomic E-state index is 5.80. The highest BCUT2D eigenvalue weighted by Crippen LogP contribution is 2.36. The molecule has 18 heavy (non-hydrogen) atoms. The van der Waals surface area contributed by atoms with Gasteiger partial charge < -0.3 is 10.6 Å². The van der Waals surface area contributed by atoms with Crippen molar-refractivity contribution in [1.29, 1.82) is 0 Å². The van der Waals surface area contributed by atoms with Gasteiger partial charge in [0, 0.05) is 12.1 Å². The van der Waals surface area contributed by atoms with Crippen LogP contribution in [0.15, 0.2) is 0 Å². The summed E-state index contributed by atoms with van der Waals surface area (Å²) in [6.45, 7) is 7.87. The minimum absolute atomic E-state index is 0.0915. The molecule has 0 saturated carbocycles. The number of aromatic nitrogens is 3. The van der Waals surface area contributed by atoms with Gasteiger partial charge in [0.2, 0.25) is 15.7 Å². The Kier molecular flexibility index (Phi) is 5.25. The topological polar surface area (TPSA) is 62.7 Å². The number of alkyl halides is 3. The Balaban J connectivity index is 3.11. The van der Waals surface area contributed by atoms with Crippen molar-refractivity contribution in [2.24, 2.45) is 0 Å². The number of rotatable bonds is 4. The molecule has 0 bridgehead atoms. The third-order valence-electron chi connectivity index (χ3n) is 1.72. The highest BCUT2D eigenvalue weighted by molar-refractivity contribution is 6.66. The normalized spacial score (nSPS) is 12.1. The summed E-state index contributed by atoms with van der Waals surface area (Å²) in [7, 11) is 0. The van der Waals surface area contributed by atoms with E-state index in [2.05, 4.69) is 25.6 Å². The molecule has 1 heterocycles. The van der Waals surface area contributed by atoms with Crippen LogP contribution in [0.1, 0.15) is 33.5 Å². The van der Waals surface area contributed by atoms with E-state index in [1.807, 2.05) is 27.7 Å². The van der Waals surface area contributed by atoms with E-state index in [1.165, 1.54) is 0 Å². The molecular weight excluding hydrogens is 297 g/mol. The number of hydrogen-bond acceptors (Lipinski definition) is 5. The lowest BCUT2D eigenvalue weighted by Crippen LogP contribution is -2.20. The molecule has 2 N–H and O–H groups in total. The summed E-state index contributed by atoms with van der Waals surface area (Å²) in [5, 5.41) is 6.11. The molecule has 0 aliphatic rings. The minimum atomic E-state index is -1.68. The van der Waals surface area contributed by atoms with Crippen LogP contribution < -0.4 is 10.6 Å². The zero-order chi connectivity index (χ0) is 13.9. The van der Waals surface area contributed by atoms with Gasteiger partial charge in [-0.25, -0.2) is 0 Å². The first-order valence-corrected chi connectivity index (χ1v) is 6.68. The zero-order valence-electron chi connectivity index (χ0n) is 10.6. The molecule has 8 heteroatoms. The van der Waals surface area contributed by atoms with E-state index in [0.29, 0.717) is 11.9 Å². The van der Waals surface area contributed by atoms with Gasteiger partial charge in [-0.05, 0) is 27.7 Å². The van der Waals surface area contributed by atoms with Crippen LogP contribution >= 0.6 is 34.8 Å². The number of nitrogens with one attached hydrogen (secondary N) is 2. The van der Waals surface area contributed by atoms with E-state index >= 15 is 0 Å². The Labute approximate surface area is 122 Å². The molecule has 0 atom stereocenters. The second-order valence-electron chi connectivity index (χ2n) is 4.40. The first-order chi connectivity index (χ1) is 8.18. The molecule has 0 radical (unpaired) electrons. The summed E-state index contributed by atoms with van der Waals surface area (Å²) in [6, 6.07) is 0.338. The smallest absolute Gasteiger partial charge is 0.250 e. The molecule has 102 valence electrons. The van der Waals surface area contributed by atoms with Gasteiger partial charge in [0.15, 0.2) is 5.82 Å². The van der Waals surface area contributed by atoms with E-state index < -0.39 is 3.79 Å². The van der Waals surface area contributed by atoms with Gasteiger partial charge in [-0.2, -0.15) is 15.0 Å². The number of nitrogens with zero attached hydrogens (tertiary/aromatic N) is 3. The monoisotopic (exact) mass is 311 g/mol. The molecule has 0 spiro atoms. The van der Waals surface area contributed by atoms with Gasteiger partial charge in [-0.3, -0.25) is 0 Å². The summed E-state index contributed by atoms with van der Waals surface area (Å²) < 4.78 is -1.68. The van der Waals surface area contributed by atoms with E-state index in [1.54, 1.807) is 0 Å². The Morgan fingerprint density at radius 2 is 1.22 bits per heavy atom. The molecule has 1 aromatic rings. The molecular formula is C10H16Cl3N5. The average Bonchev–Trinajstić information content (AvgIpc) is 2.13. The number of halogens is 3. The minimum Gasteiger partial charge on any atom is -0.352 e. The van der Waals surface area contributed by atoms with Crippen molar-refractivity contribution >= 4 is 46.7 Å². The van der Waals surface area contributed by atoms with Crippen molar-refractivity contribution in [2.45, 2.75) is 43.6 Å². The Morgan fingerprint density at radius 3 is 1.50 bits per heavy atom. The standard InChI is InChI=1S/C10H16Cl3N5/c1-5(2)14-8-16-7(10(11,12)13)17-9(18-8)15-6(3)4/h5-6H,1-4H3,(H2,14,15,16,17,18). The first kappa shape index (κ1) is 15.5. The number of anilines is 2. The fourth-order valence-corrected chi connectivity index (χ4v) is 1.40. The lowest BCUT2D eigenvalue weighted by molar-refractivity contribution is 0.822. The highest BCUT2D eigenvalue weighted by atomic mass is 35.6. The lowest BCUT2D eigenvalue weighted by atomic mass is 10.4. The molecule has 0 amide bonds. The van der Waals surface area contributed by atoms with E-state index in [-0.39, 0.29) is 17.9 Å². The fraction of sp³-hybridized carbons (Fsp3) is 0.700. The van der Waals surface area contributed by atoms with Gasteiger partial charge in [0.05, 0.1) is 0 Å². The van der Waals surface area contributed by atoms with Crippen LogP contribution in [-0.2, 0) is 3.79 Å². The van der Waals surface area contributed by atoms with Crippen LogP contribution in [0.5, 0.6) is 0 Å². The van der Waals surface area contributed by atoms with Crippen LogP contribution in [0.2, 0.25) is 0 Å². The Bertz CT molecular complexity index is 375. The maximum Gasteiger partial charge on any atom is 0.250 e. The van der Waals surface area contributed by atoms with Crippen LogP contribution in [0.4, 0.5) is 11.9 Å². The Morgan fingerprint density at radius 1 is 0.833 bits per heavy atom. The summed E-state index contributed by atoms with van der Waals surface area (Å²) in [5.74, 6) is 0.850.